The zero-order chi connectivity index (χ0) is 12.7. The maximum atomic E-state index is 10.7. The van der Waals surface area contributed by atoms with Crippen molar-refractivity contribution < 1.29 is 24.3 Å². The second-order valence-corrected chi connectivity index (χ2v) is 3.42. The average molecular weight is 257 g/mol. The molecule has 1 amide bonds. The topological polar surface area (TPSA) is 118 Å². The number of oxime groups is 1. The fourth-order valence-electron chi connectivity index (χ4n) is 0.794. The molecule has 0 aliphatic carbocycles. The summed E-state index contributed by atoms with van der Waals surface area (Å²) in [6.07, 6.45) is 0.822. The summed E-state index contributed by atoms with van der Waals surface area (Å²) >= 11 is 1.09. The van der Waals surface area contributed by atoms with Crippen molar-refractivity contribution in [2.45, 2.75) is 0 Å². The highest BCUT2D eigenvalue weighted by atomic mass is 32.1. The molecule has 0 aliphatic heterocycles. The van der Waals surface area contributed by atoms with Crippen LogP contribution in [0.15, 0.2) is 10.5 Å². The molecule has 0 spiro atoms. The third kappa shape index (κ3) is 3.99. The summed E-state index contributed by atoms with van der Waals surface area (Å²) in [7, 11) is 0. The lowest BCUT2D eigenvalue weighted by molar-refractivity contribution is -0.142. The molecule has 1 aromatic rings. The fraction of sp³-hybridized carbons (Fsp3) is 0.125. The number of anilines is 1. The number of hydrogen-bond acceptors (Lipinski definition) is 7. The minimum absolute atomic E-state index is 0.151. The summed E-state index contributed by atoms with van der Waals surface area (Å²) in [6.45, 7) is -0.652. The molecule has 1 rings (SSSR count). The van der Waals surface area contributed by atoms with Crippen molar-refractivity contribution in [1.82, 2.24) is 4.98 Å². The number of aromatic nitrogens is 1. The first kappa shape index (κ1) is 12.8. The molecule has 0 aromatic carbocycles. The summed E-state index contributed by atoms with van der Waals surface area (Å²) in [5.41, 5.74) is 0.0428. The van der Waals surface area contributed by atoms with Gasteiger partial charge in [-0.1, -0.05) is 5.16 Å². The summed E-state index contributed by atoms with van der Waals surface area (Å²) in [5.74, 6) is -1.21. The third-order valence-corrected chi connectivity index (χ3v) is 2.19. The van der Waals surface area contributed by atoms with Crippen molar-refractivity contribution in [3.05, 3.63) is 11.1 Å². The molecular formula is C8H7N3O5S. The molecule has 0 bridgehead atoms. The number of carbonyl (C=O) groups excluding carboxylic acids is 2. The van der Waals surface area contributed by atoms with Gasteiger partial charge in [-0.3, -0.25) is 9.59 Å². The molecule has 2 N–H and O–H groups in total. The quantitative estimate of drug-likeness (QED) is 0.394. The minimum Gasteiger partial charge on any atom is -0.479 e. The Morgan fingerprint density at radius 2 is 2.41 bits per heavy atom. The van der Waals surface area contributed by atoms with Gasteiger partial charge in [0.1, 0.15) is 5.69 Å². The summed E-state index contributed by atoms with van der Waals surface area (Å²) in [6, 6.07) is 0. The number of nitrogens with one attached hydrogen (secondary N) is 1. The van der Waals surface area contributed by atoms with Gasteiger partial charge in [0.25, 0.3) is 0 Å². The van der Waals surface area contributed by atoms with Gasteiger partial charge in [-0.2, -0.15) is 0 Å². The highest BCUT2D eigenvalue weighted by molar-refractivity contribution is 7.14. The van der Waals surface area contributed by atoms with E-state index in [1.165, 1.54) is 5.38 Å². The molecule has 8 nitrogen and oxygen atoms in total. The number of carboxylic acids is 1. The Morgan fingerprint density at radius 3 is 3.00 bits per heavy atom. The van der Waals surface area contributed by atoms with E-state index in [1.54, 1.807) is 0 Å². The van der Waals surface area contributed by atoms with Gasteiger partial charge in [-0.05, 0) is 0 Å². The molecule has 0 atom stereocenters. The van der Waals surface area contributed by atoms with Crippen LogP contribution in [0, 0.1) is 0 Å². The maximum Gasteiger partial charge on any atom is 0.344 e. The summed E-state index contributed by atoms with van der Waals surface area (Å²) in [4.78, 5) is 39.2. The number of amides is 1. The van der Waals surface area contributed by atoms with Crippen molar-refractivity contribution in [3.63, 3.8) is 0 Å². The summed E-state index contributed by atoms with van der Waals surface area (Å²) < 4.78 is 0. The molecule has 0 saturated heterocycles. The lowest BCUT2D eigenvalue weighted by Gasteiger charge is -1.95. The van der Waals surface area contributed by atoms with Crippen LogP contribution in [0.4, 0.5) is 5.13 Å². The molecule has 1 heterocycles. The number of carboxylic acid groups (broad SMARTS) is 1. The van der Waals surface area contributed by atoms with Crippen molar-refractivity contribution in [2.24, 2.45) is 5.16 Å². The van der Waals surface area contributed by atoms with E-state index in [2.05, 4.69) is 20.3 Å². The van der Waals surface area contributed by atoms with Crippen LogP contribution >= 0.6 is 11.3 Å². The molecule has 0 radical (unpaired) electrons. The van der Waals surface area contributed by atoms with E-state index < -0.39 is 12.6 Å². The SMILES string of the molecule is O=CNc1nc(/C(C=O)=N/OCC(=O)O)cs1. The monoisotopic (exact) mass is 257 g/mol. The number of hydrogen-bond donors (Lipinski definition) is 2. The predicted molar refractivity (Wildman–Crippen MR) is 58.0 cm³/mol. The number of aldehydes is 1. The van der Waals surface area contributed by atoms with Crippen molar-refractivity contribution in [2.75, 3.05) is 11.9 Å². The van der Waals surface area contributed by atoms with Gasteiger partial charge in [-0.25, -0.2) is 9.78 Å². The Labute approximate surface area is 98.9 Å². The van der Waals surface area contributed by atoms with Crippen LogP contribution in [0.3, 0.4) is 0 Å². The second kappa shape index (κ2) is 6.33. The third-order valence-electron chi connectivity index (χ3n) is 1.41. The first-order chi connectivity index (χ1) is 8.17. The smallest absolute Gasteiger partial charge is 0.344 e. The van der Waals surface area contributed by atoms with E-state index in [4.69, 9.17) is 5.11 Å². The Bertz CT molecular complexity index is 456. The second-order valence-electron chi connectivity index (χ2n) is 2.56. The van der Waals surface area contributed by atoms with Gasteiger partial charge in [0.05, 0.1) is 0 Å². The number of carbonyl (C=O) groups is 3. The molecule has 0 saturated carbocycles. The Balaban J connectivity index is 2.74. The van der Waals surface area contributed by atoms with Gasteiger partial charge >= 0.3 is 5.97 Å². The molecular weight excluding hydrogens is 250 g/mol. The number of thiazole rings is 1. The van der Waals surface area contributed by atoms with Crippen molar-refractivity contribution in [3.8, 4) is 0 Å². The van der Waals surface area contributed by atoms with Crippen LogP contribution in [0.25, 0.3) is 0 Å². The molecule has 0 fully saturated rings. The van der Waals surface area contributed by atoms with Crippen LogP contribution < -0.4 is 5.32 Å². The van der Waals surface area contributed by atoms with E-state index in [-0.39, 0.29) is 11.4 Å². The van der Waals surface area contributed by atoms with Crippen LogP contribution in [-0.4, -0.2) is 41.1 Å². The van der Waals surface area contributed by atoms with Crippen LogP contribution in [0.5, 0.6) is 0 Å². The zero-order valence-electron chi connectivity index (χ0n) is 8.32. The van der Waals surface area contributed by atoms with E-state index in [0.717, 1.165) is 11.3 Å². The first-order valence-corrected chi connectivity index (χ1v) is 5.08. The van der Waals surface area contributed by atoms with Gasteiger partial charge in [-0.15, -0.1) is 11.3 Å². The molecule has 9 heteroatoms. The Morgan fingerprint density at radius 1 is 1.65 bits per heavy atom. The van der Waals surface area contributed by atoms with Crippen molar-refractivity contribution in [1.29, 1.82) is 0 Å². The highest BCUT2D eigenvalue weighted by Crippen LogP contribution is 2.14. The lowest BCUT2D eigenvalue weighted by atomic mass is 10.3. The zero-order valence-corrected chi connectivity index (χ0v) is 9.14. The van der Waals surface area contributed by atoms with Gasteiger partial charge in [0.15, 0.2) is 17.1 Å². The van der Waals surface area contributed by atoms with Gasteiger partial charge in [0.2, 0.25) is 13.0 Å². The van der Waals surface area contributed by atoms with Gasteiger partial charge in [0, 0.05) is 5.38 Å². The minimum atomic E-state index is -1.21. The average Bonchev–Trinajstić information content (AvgIpc) is 2.73. The van der Waals surface area contributed by atoms with Crippen LogP contribution in [0.2, 0.25) is 0 Å². The largest absolute Gasteiger partial charge is 0.479 e. The Kier molecular flexibility index (Phi) is 4.76. The van der Waals surface area contributed by atoms with Crippen LogP contribution in [0.1, 0.15) is 5.69 Å². The highest BCUT2D eigenvalue weighted by Gasteiger charge is 2.09. The first-order valence-electron chi connectivity index (χ1n) is 4.20. The normalized spacial score (nSPS) is 10.7. The van der Waals surface area contributed by atoms with Gasteiger partial charge < -0.3 is 15.3 Å². The molecule has 0 aliphatic rings. The summed E-state index contributed by atoms with van der Waals surface area (Å²) in [5, 5.41) is 15.7. The standard InChI is InChI=1S/C8H7N3O5S/c12-1-5(11-16-2-7(14)15)6-3-17-8(10-6)9-4-13/h1,3-4H,2H2,(H,14,15)(H,9,10,13)/b11-5+. The fourth-order valence-corrected chi connectivity index (χ4v) is 1.46. The lowest BCUT2D eigenvalue weighted by Crippen LogP contribution is -2.08. The number of nitrogens with zero attached hydrogens (tertiary/aromatic N) is 2. The van der Waals surface area contributed by atoms with Crippen LogP contribution in [-0.2, 0) is 19.2 Å². The van der Waals surface area contributed by atoms with E-state index in [0.29, 0.717) is 17.8 Å². The number of rotatable bonds is 7. The molecule has 17 heavy (non-hydrogen) atoms. The molecule has 90 valence electrons. The van der Waals surface area contributed by atoms with E-state index in [9.17, 15) is 14.4 Å². The predicted octanol–water partition coefficient (Wildman–Crippen LogP) is -0.284. The van der Waals surface area contributed by atoms with Crippen molar-refractivity contribution >= 4 is 40.8 Å². The number of aliphatic carboxylic acids is 1. The molecule has 1 aromatic heterocycles. The van der Waals surface area contributed by atoms with E-state index >= 15 is 0 Å². The van der Waals surface area contributed by atoms with E-state index in [1.807, 2.05) is 0 Å². The maximum absolute atomic E-state index is 10.7. The molecule has 0 unspecified atom stereocenters. The Hall–Kier alpha value is -2.29.